The van der Waals surface area contributed by atoms with Gasteiger partial charge in [0.1, 0.15) is 0 Å². The van der Waals surface area contributed by atoms with E-state index in [1.165, 1.54) is 24.4 Å². The molecule has 0 saturated carbocycles. The molecule has 5 nitrogen and oxygen atoms in total. The standard InChI is InChI=1S/C15H18FN3O2S/c1-11(2)19-22(20,21)13-6-3-5-12(9-13)10-18-15-14(16)7-4-8-17-15/h3-9,11,19H,10H2,1-2H3,(H,17,18). The van der Waals surface area contributed by atoms with E-state index >= 15 is 0 Å². The Morgan fingerprint density at radius 2 is 2.00 bits per heavy atom. The van der Waals surface area contributed by atoms with Gasteiger partial charge in [-0.15, -0.1) is 0 Å². The Bertz CT molecular complexity index is 748. The summed E-state index contributed by atoms with van der Waals surface area (Å²) in [5.41, 5.74) is 0.719. The summed E-state index contributed by atoms with van der Waals surface area (Å²) >= 11 is 0. The second-order valence-electron chi connectivity index (χ2n) is 5.11. The van der Waals surface area contributed by atoms with Gasteiger partial charge in [-0.1, -0.05) is 12.1 Å². The van der Waals surface area contributed by atoms with E-state index in [-0.39, 0.29) is 23.3 Å². The number of nitrogens with one attached hydrogen (secondary N) is 2. The topological polar surface area (TPSA) is 71.1 Å². The molecule has 118 valence electrons. The second-order valence-corrected chi connectivity index (χ2v) is 6.82. The van der Waals surface area contributed by atoms with Gasteiger partial charge in [0.05, 0.1) is 4.90 Å². The fourth-order valence-electron chi connectivity index (χ4n) is 1.90. The summed E-state index contributed by atoms with van der Waals surface area (Å²) in [5.74, 6) is -0.316. The van der Waals surface area contributed by atoms with Crippen molar-refractivity contribution in [2.24, 2.45) is 0 Å². The summed E-state index contributed by atoms with van der Waals surface area (Å²) in [4.78, 5) is 4.07. The Balaban J connectivity index is 2.14. The molecule has 1 aromatic heterocycles. The number of nitrogens with zero attached hydrogens (tertiary/aromatic N) is 1. The van der Waals surface area contributed by atoms with Gasteiger partial charge in [-0.25, -0.2) is 22.5 Å². The molecule has 0 atom stereocenters. The summed E-state index contributed by atoms with van der Waals surface area (Å²) in [6.45, 7) is 3.79. The van der Waals surface area contributed by atoms with E-state index in [1.54, 1.807) is 32.0 Å². The number of sulfonamides is 1. The van der Waals surface area contributed by atoms with Crippen molar-refractivity contribution < 1.29 is 12.8 Å². The maximum Gasteiger partial charge on any atom is 0.240 e. The van der Waals surface area contributed by atoms with Crippen LogP contribution in [0.2, 0.25) is 0 Å². The Morgan fingerprint density at radius 3 is 2.68 bits per heavy atom. The molecule has 7 heteroatoms. The van der Waals surface area contributed by atoms with Crippen molar-refractivity contribution in [3.63, 3.8) is 0 Å². The van der Waals surface area contributed by atoms with Crippen LogP contribution in [0.4, 0.5) is 10.2 Å². The Labute approximate surface area is 129 Å². The first-order valence-corrected chi connectivity index (χ1v) is 8.32. The Morgan fingerprint density at radius 1 is 1.23 bits per heavy atom. The van der Waals surface area contributed by atoms with Crippen molar-refractivity contribution in [1.29, 1.82) is 0 Å². The van der Waals surface area contributed by atoms with E-state index < -0.39 is 15.8 Å². The minimum absolute atomic E-state index is 0.135. The maximum atomic E-state index is 13.5. The van der Waals surface area contributed by atoms with Crippen LogP contribution in [-0.4, -0.2) is 19.4 Å². The summed E-state index contributed by atoms with van der Waals surface area (Å²) in [5, 5.41) is 2.85. The zero-order valence-electron chi connectivity index (χ0n) is 12.4. The highest BCUT2D eigenvalue weighted by atomic mass is 32.2. The Kier molecular flexibility index (Phi) is 5.10. The van der Waals surface area contributed by atoms with Gasteiger partial charge in [0.25, 0.3) is 0 Å². The molecule has 1 aromatic carbocycles. The number of rotatable bonds is 6. The van der Waals surface area contributed by atoms with Crippen LogP contribution in [0.3, 0.4) is 0 Å². The molecule has 2 N–H and O–H groups in total. The molecule has 0 amide bonds. The fraction of sp³-hybridized carbons (Fsp3) is 0.267. The van der Waals surface area contributed by atoms with Gasteiger partial charge in [-0.3, -0.25) is 0 Å². The molecule has 0 spiro atoms. The summed E-state index contributed by atoms with van der Waals surface area (Å²) in [6, 6.07) is 9.12. The van der Waals surface area contributed by atoms with E-state index in [2.05, 4.69) is 15.0 Å². The van der Waals surface area contributed by atoms with Crippen LogP contribution in [0.1, 0.15) is 19.4 Å². The Hall–Kier alpha value is -1.99. The molecule has 0 aliphatic rings. The van der Waals surface area contributed by atoms with Crippen molar-refractivity contribution in [2.75, 3.05) is 5.32 Å². The number of anilines is 1. The van der Waals surface area contributed by atoms with Crippen LogP contribution in [-0.2, 0) is 16.6 Å². The van der Waals surface area contributed by atoms with Crippen molar-refractivity contribution in [1.82, 2.24) is 9.71 Å². The molecule has 0 aliphatic carbocycles. The van der Waals surface area contributed by atoms with Crippen LogP contribution in [0.5, 0.6) is 0 Å². The number of halogens is 1. The smallest absolute Gasteiger partial charge is 0.240 e. The molecule has 0 saturated heterocycles. The first-order valence-electron chi connectivity index (χ1n) is 6.84. The highest BCUT2D eigenvalue weighted by molar-refractivity contribution is 7.89. The third kappa shape index (κ3) is 4.25. The van der Waals surface area contributed by atoms with Crippen LogP contribution in [0.25, 0.3) is 0 Å². The number of hydrogen-bond donors (Lipinski definition) is 2. The third-order valence-electron chi connectivity index (χ3n) is 2.82. The SMILES string of the molecule is CC(C)NS(=O)(=O)c1cccc(CNc2ncccc2F)c1. The molecule has 0 bridgehead atoms. The number of pyridine rings is 1. The average molecular weight is 323 g/mol. The van der Waals surface area contributed by atoms with Crippen molar-refractivity contribution in [2.45, 2.75) is 31.3 Å². The summed E-state index contributed by atoms with van der Waals surface area (Å²) < 4.78 is 40.2. The summed E-state index contributed by atoms with van der Waals surface area (Å²) in [7, 11) is -3.54. The monoisotopic (exact) mass is 323 g/mol. The lowest BCUT2D eigenvalue weighted by Crippen LogP contribution is -2.30. The van der Waals surface area contributed by atoms with Crippen LogP contribution >= 0.6 is 0 Å². The van der Waals surface area contributed by atoms with Gasteiger partial charge in [-0.05, 0) is 43.7 Å². The molecule has 2 aromatic rings. The quantitative estimate of drug-likeness (QED) is 0.857. The largest absolute Gasteiger partial charge is 0.364 e. The first-order chi connectivity index (χ1) is 10.4. The molecular formula is C15H18FN3O2S. The van der Waals surface area contributed by atoms with E-state index in [9.17, 15) is 12.8 Å². The van der Waals surface area contributed by atoms with Crippen molar-refractivity contribution in [3.05, 3.63) is 54.0 Å². The average Bonchev–Trinajstić information content (AvgIpc) is 2.45. The maximum absolute atomic E-state index is 13.5. The molecule has 1 heterocycles. The van der Waals surface area contributed by atoms with Gasteiger partial charge in [-0.2, -0.15) is 0 Å². The number of aromatic nitrogens is 1. The molecular weight excluding hydrogens is 305 g/mol. The van der Waals surface area contributed by atoms with E-state index in [4.69, 9.17) is 0 Å². The van der Waals surface area contributed by atoms with Crippen LogP contribution < -0.4 is 10.0 Å². The predicted octanol–water partition coefficient (Wildman–Crippen LogP) is 2.52. The zero-order chi connectivity index (χ0) is 16.2. The molecule has 22 heavy (non-hydrogen) atoms. The van der Waals surface area contributed by atoms with Crippen LogP contribution in [0, 0.1) is 5.82 Å². The highest BCUT2D eigenvalue weighted by Gasteiger charge is 2.15. The highest BCUT2D eigenvalue weighted by Crippen LogP contribution is 2.14. The predicted molar refractivity (Wildman–Crippen MR) is 83.4 cm³/mol. The second kappa shape index (κ2) is 6.85. The molecule has 0 unspecified atom stereocenters. The third-order valence-corrected chi connectivity index (χ3v) is 4.47. The van der Waals surface area contributed by atoms with Gasteiger partial charge >= 0.3 is 0 Å². The first kappa shape index (κ1) is 16.4. The molecule has 0 radical (unpaired) electrons. The summed E-state index contributed by atoms with van der Waals surface area (Å²) in [6.07, 6.45) is 1.48. The van der Waals surface area contributed by atoms with Gasteiger partial charge in [0.2, 0.25) is 10.0 Å². The van der Waals surface area contributed by atoms with E-state index in [0.717, 1.165) is 5.56 Å². The van der Waals surface area contributed by atoms with Gasteiger partial charge in [0.15, 0.2) is 11.6 Å². The van der Waals surface area contributed by atoms with Crippen molar-refractivity contribution >= 4 is 15.8 Å². The molecule has 2 rings (SSSR count). The van der Waals surface area contributed by atoms with Gasteiger partial charge < -0.3 is 5.32 Å². The van der Waals surface area contributed by atoms with Crippen LogP contribution in [0.15, 0.2) is 47.5 Å². The normalized spacial score (nSPS) is 11.6. The number of benzene rings is 1. The minimum Gasteiger partial charge on any atom is -0.364 e. The van der Waals surface area contributed by atoms with E-state index in [0.29, 0.717) is 0 Å². The van der Waals surface area contributed by atoms with E-state index in [1.807, 2.05) is 0 Å². The lowest BCUT2D eigenvalue weighted by molar-refractivity contribution is 0.569. The minimum atomic E-state index is -3.54. The molecule has 0 fully saturated rings. The lowest BCUT2D eigenvalue weighted by Gasteiger charge is -2.11. The fourth-order valence-corrected chi connectivity index (χ4v) is 3.22. The van der Waals surface area contributed by atoms with Crippen molar-refractivity contribution in [3.8, 4) is 0 Å². The van der Waals surface area contributed by atoms with Gasteiger partial charge in [0, 0.05) is 18.8 Å². The molecule has 0 aliphatic heterocycles. The number of hydrogen-bond acceptors (Lipinski definition) is 4. The zero-order valence-corrected chi connectivity index (χ0v) is 13.2. The lowest BCUT2D eigenvalue weighted by atomic mass is 10.2.